The lowest BCUT2D eigenvalue weighted by atomic mass is 9.89. The number of alkyl carbamates (subject to hydrolysis) is 1. The van der Waals surface area contributed by atoms with E-state index in [0.29, 0.717) is 6.54 Å². The van der Waals surface area contributed by atoms with Gasteiger partial charge in [0.05, 0.1) is 18.6 Å². The maximum Gasteiger partial charge on any atom is 0.407 e. The number of carboxylic acids is 1. The Kier molecular flexibility index (Phi) is 6.24. The second kappa shape index (κ2) is 9.46. The summed E-state index contributed by atoms with van der Waals surface area (Å²) in [6.07, 6.45) is 2.02. The number of amides is 2. The molecule has 1 aliphatic carbocycles. The third-order valence-electron chi connectivity index (χ3n) is 7.10. The quantitative estimate of drug-likeness (QED) is 0.553. The molecule has 8 heteroatoms. The molecule has 3 aliphatic rings. The second-order valence-electron chi connectivity index (χ2n) is 9.24. The minimum absolute atomic E-state index is 0.0871. The molecule has 5 rings (SSSR count). The molecule has 2 saturated heterocycles. The molecule has 178 valence electrons. The summed E-state index contributed by atoms with van der Waals surface area (Å²) >= 11 is 0. The van der Waals surface area contributed by atoms with Gasteiger partial charge in [-0.3, -0.25) is 9.59 Å². The maximum atomic E-state index is 12.7. The summed E-state index contributed by atoms with van der Waals surface area (Å²) in [4.78, 5) is 36.5. The standard InChI is InChI=1S/C26H28N2O6/c29-24(30)12-22(25(31)27-13-15-11-16-9-10-23(15)34-16)28-26(32)33-14-21-19-7-3-1-5-17(19)18-6-2-4-8-20(18)21/h1-8,15-16,21-23H,9-14H2,(H,27,31)(H,28,32)(H,29,30). The number of fused-ring (bicyclic) bond motifs is 5. The van der Waals surface area contributed by atoms with Crippen LogP contribution in [0.15, 0.2) is 48.5 Å². The number of nitrogens with one attached hydrogen (secondary N) is 2. The predicted molar refractivity (Wildman–Crippen MR) is 123 cm³/mol. The lowest BCUT2D eigenvalue weighted by molar-refractivity contribution is -0.139. The molecule has 0 spiro atoms. The predicted octanol–water partition coefficient (Wildman–Crippen LogP) is 3.05. The fourth-order valence-electron chi connectivity index (χ4n) is 5.48. The molecule has 4 atom stereocenters. The van der Waals surface area contributed by atoms with Crippen molar-refractivity contribution >= 4 is 18.0 Å². The Bertz CT molecular complexity index is 1060. The Morgan fingerprint density at radius 3 is 2.29 bits per heavy atom. The van der Waals surface area contributed by atoms with Crippen LogP contribution in [0.1, 0.15) is 42.7 Å². The van der Waals surface area contributed by atoms with Crippen LogP contribution < -0.4 is 10.6 Å². The summed E-state index contributed by atoms with van der Waals surface area (Å²) < 4.78 is 11.3. The highest BCUT2D eigenvalue weighted by Crippen LogP contribution is 2.44. The third-order valence-corrected chi connectivity index (χ3v) is 7.10. The van der Waals surface area contributed by atoms with E-state index in [2.05, 4.69) is 10.6 Å². The van der Waals surface area contributed by atoms with Crippen LogP contribution in [0.25, 0.3) is 11.1 Å². The minimum atomic E-state index is -1.22. The van der Waals surface area contributed by atoms with Gasteiger partial charge in [0, 0.05) is 18.4 Å². The highest BCUT2D eigenvalue weighted by Gasteiger charge is 2.41. The molecule has 2 aliphatic heterocycles. The number of benzene rings is 2. The summed E-state index contributed by atoms with van der Waals surface area (Å²) in [5.74, 6) is -1.61. The number of hydrogen-bond acceptors (Lipinski definition) is 5. The Morgan fingerprint density at radius 1 is 1.03 bits per heavy atom. The fourth-order valence-corrected chi connectivity index (χ4v) is 5.48. The van der Waals surface area contributed by atoms with Crippen molar-refractivity contribution in [3.05, 3.63) is 59.7 Å². The van der Waals surface area contributed by atoms with E-state index in [0.717, 1.165) is 41.5 Å². The molecule has 4 unspecified atom stereocenters. The molecular weight excluding hydrogens is 436 g/mol. The Labute approximate surface area is 197 Å². The molecule has 0 radical (unpaired) electrons. The summed E-state index contributed by atoms with van der Waals surface area (Å²) in [5, 5.41) is 14.5. The summed E-state index contributed by atoms with van der Waals surface area (Å²) in [5.41, 5.74) is 4.37. The number of carbonyl (C=O) groups is 3. The number of aliphatic carboxylic acids is 1. The first-order valence-corrected chi connectivity index (χ1v) is 11.8. The first kappa shape index (κ1) is 22.4. The van der Waals surface area contributed by atoms with Gasteiger partial charge in [-0.15, -0.1) is 0 Å². The van der Waals surface area contributed by atoms with E-state index in [1.807, 2.05) is 48.5 Å². The number of hydrogen-bond donors (Lipinski definition) is 3. The largest absolute Gasteiger partial charge is 0.481 e. The van der Waals surface area contributed by atoms with E-state index < -0.39 is 30.4 Å². The van der Waals surface area contributed by atoms with E-state index in [1.54, 1.807) is 0 Å². The zero-order chi connectivity index (χ0) is 23.7. The van der Waals surface area contributed by atoms with Crippen molar-refractivity contribution in [2.75, 3.05) is 13.2 Å². The Morgan fingerprint density at radius 2 is 1.71 bits per heavy atom. The topological polar surface area (TPSA) is 114 Å². The van der Waals surface area contributed by atoms with Gasteiger partial charge in [0.1, 0.15) is 12.6 Å². The van der Waals surface area contributed by atoms with Crippen molar-refractivity contribution in [1.29, 1.82) is 0 Å². The molecule has 34 heavy (non-hydrogen) atoms. The molecule has 2 bridgehead atoms. The van der Waals surface area contributed by atoms with Gasteiger partial charge in [-0.25, -0.2) is 4.79 Å². The van der Waals surface area contributed by atoms with Crippen LogP contribution in [0, 0.1) is 5.92 Å². The lowest BCUT2D eigenvalue weighted by Crippen LogP contribution is -2.49. The number of ether oxygens (including phenoxy) is 2. The molecule has 2 heterocycles. The third kappa shape index (κ3) is 4.50. The molecule has 2 fully saturated rings. The molecule has 0 saturated carbocycles. The van der Waals surface area contributed by atoms with Crippen molar-refractivity contribution in [3.63, 3.8) is 0 Å². The van der Waals surface area contributed by atoms with Gasteiger partial charge in [-0.2, -0.15) is 0 Å². The van der Waals surface area contributed by atoms with Gasteiger partial charge < -0.3 is 25.2 Å². The van der Waals surface area contributed by atoms with E-state index >= 15 is 0 Å². The molecule has 3 N–H and O–H groups in total. The fraction of sp³-hybridized carbons (Fsp3) is 0.423. The molecule has 8 nitrogen and oxygen atoms in total. The smallest absolute Gasteiger partial charge is 0.407 e. The SMILES string of the molecule is O=C(O)CC(NC(=O)OCC1c2ccccc2-c2ccccc21)C(=O)NCC1CC2CCC1O2. The van der Waals surface area contributed by atoms with Crippen LogP contribution >= 0.6 is 0 Å². The minimum Gasteiger partial charge on any atom is -0.481 e. The van der Waals surface area contributed by atoms with E-state index in [9.17, 15) is 19.5 Å². The number of carboxylic acid groups (broad SMARTS) is 1. The van der Waals surface area contributed by atoms with E-state index in [1.165, 1.54) is 0 Å². The normalized spacial score (nSPS) is 23.1. The van der Waals surface area contributed by atoms with Crippen LogP contribution in [0.4, 0.5) is 4.79 Å². The van der Waals surface area contributed by atoms with Crippen molar-refractivity contribution < 1.29 is 29.0 Å². The van der Waals surface area contributed by atoms with Crippen molar-refractivity contribution in [1.82, 2.24) is 10.6 Å². The van der Waals surface area contributed by atoms with Gasteiger partial charge >= 0.3 is 12.1 Å². The molecule has 2 aromatic rings. The first-order valence-electron chi connectivity index (χ1n) is 11.8. The molecule has 0 aromatic heterocycles. The second-order valence-corrected chi connectivity index (χ2v) is 9.24. The van der Waals surface area contributed by atoms with Gasteiger partial charge in [0.25, 0.3) is 0 Å². The number of rotatable bonds is 8. The van der Waals surface area contributed by atoms with Gasteiger partial charge in [-0.1, -0.05) is 48.5 Å². The van der Waals surface area contributed by atoms with Crippen LogP contribution in [-0.2, 0) is 19.1 Å². The van der Waals surface area contributed by atoms with Gasteiger partial charge in [0.15, 0.2) is 0 Å². The molecule has 2 aromatic carbocycles. The molecular formula is C26H28N2O6. The first-order chi connectivity index (χ1) is 16.5. The lowest BCUT2D eigenvalue weighted by Gasteiger charge is -2.22. The monoisotopic (exact) mass is 464 g/mol. The summed E-state index contributed by atoms with van der Waals surface area (Å²) in [6.45, 7) is 0.492. The highest BCUT2D eigenvalue weighted by atomic mass is 16.5. The van der Waals surface area contributed by atoms with Crippen molar-refractivity contribution in [2.45, 2.75) is 49.9 Å². The zero-order valence-corrected chi connectivity index (χ0v) is 18.7. The Hall–Kier alpha value is -3.39. The highest BCUT2D eigenvalue weighted by molar-refractivity contribution is 5.89. The van der Waals surface area contributed by atoms with E-state index in [-0.39, 0.29) is 30.7 Å². The maximum absolute atomic E-state index is 12.7. The van der Waals surface area contributed by atoms with Gasteiger partial charge in [0.2, 0.25) is 5.91 Å². The van der Waals surface area contributed by atoms with Crippen LogP contribution in [0.5, 0.6) is 0 Å². The van der Waals surface area contributed by atoms with Crippen molar-refractivity contribution in [2.24, 2.45) is 5.92 Å². The average Bonchev–Trinajstić information content (AvgIpc) is 3.54. The Balaban J connectivity index is 1.19. The van der Waals surface area contributed by atoms with Crippen LogP contribution in [0.3, 0.4) is 0 Å². The van der Waals surface area contributed by atoms with Gasteiger partial charge in [-0.05, 0) is 41.5 Å². The van der Waals surface area contributed by atoms with Crippen molar-refractivity contribution in [3.8, 4) is 11.1 Å². The summed E-state index contributed by atoms with van der Waals surface area (Å²) in [7, 11) is 0. The zero-order valence-electron chi connectivity index (χ0n) is 18.7. The van der Waals surface area contributed by atoms with Crippen LogP contribution in [-0.4, -0.2) is 54.5 Å². The van der Waals surface area contributed by atoms with E-state index in [4.69, 9.17) is 9.47 Å². The molecule has 2 amide bonds. The summed E-state index contributed by atoms with van der Waals surface area (Å²) in [6, 6.07) is 14.8. The number of carbonyl (C=O) groups excluding carboxylic acids is 2. The van der Waals surface area contributed by atoms with Crippen LogP contribution in [0.2, 0.25) is 0 Å². The average molecular weight is 465 g/mol.